The first-order valence-corrected chi connectivity index (χ1v) is 12.0. The molecule has 194 valence electrons. The van der Waals surface area contributed by atoms with Gasteiger partial charge in [-0.2, -0.15) is 5.10 Å². The second-order valence-electron chi connectivity index (χ2n) is 7.33. The summed E-state index contributed by atoms with van der Waals surface area (Å²) in [6.45, 7) is -0.268. The van der Waals surface area contributed by atoms with Crippen molar-refractivity contribution in [3.8, 4) is 17.2 Å². The Morgan fingerprint density at radius 2 is 1.78 bits per heavy atom. The molecule has 0 spiro atoms. The number of rotatable bonds is 11. The van der Waals surface area contributed by atoms with Crippen LogP contribution in [-0.2, 0) is 14.8 Å². The molecular formula is C23H23N5O8S. The van der Waals surface area contributed by atoms with Crippen LogP contribution in [0.1, 0.15) is 5.56 Å². The van der Waals surface area contributed by atoms with E-state index < -0.39 is 25.5 Å². The standard InChI is InChI=1S/C23H23N5O8S/c1-34-17-6-4-16(5-7-17)26-23(29)14-36-21-10-3-15(11-22(21)35-2)13-25-27-19-9-8-18(37(24,32)33)12-20(19)28(30)31/h3-13,27H,14H2,1-2H3,(H,26,29)(H2,24,32,33)/b25-13-. The van der Waals surface area contributed by atoms with Crippen LogP contribution in [0.2, 0.25) is 0 Å². The number of hydrogen-bond donors (Lipinski definition) is 3. The van der Waals surface area contributed by atoms with E-state index in [0.717, 1.165) is 12.1 Å². The predicted molar refractivity (Wildman–Crippen MR) is 136 cm³/mol. The highest BCUT2D eigenvalue weighted by Crippen LogP contribution is 2.29. The number of primary sulfonamides is 1. The van der Waals surface area contributed by atoms with Crippen molar-refractivity contribution in [3.05, 3.63) is 76.3 Å². The average molecular weight is 530 g/mol. The van der Waals surface area contributed by atoms with E-state index in [1.807, 2.05) is 0 Å². The second kappa shape index (κ2) is 11.8. The number of amides is 1. The van der Waals surface area contributed by atoms with Crippen LogP contribution in [0.15, 0.2) is 70.7 Å². The van der Waals surface area contributed by atoms with Crippen LogP contribution in [-0.4, -0.2) is 46.3 Å². The molecule has 3 rings (SSSR count). The fourth-order valence-corrected chi connectivity index (χ4v) is 3.54. The molecule has 0 aliphatic rings. The second-order valence-corrected chi connectivity index (χ2v) is 8.89. The molecule has 3 aromatic carbocycles. The molecule has 0 aromatic heterocycles. The average Bonchev–Trinajstić information content (AvgIpc) is 2.87. The molecule has 0 saturated heterocycles. The van der Waals surface area contributed by atoms with Gasteiger partial charge in [-0.05, 0) is 60.2 Å². The number of carbonyl (C=O) groups is 1. The smallest absolute Gasteiger partial charge is 0.295 e. The third kappa shape index (κ3) is 7.39. The Labute approximate surface area is 212 Å². The number of sulfonamides is 1. The van der Waals surface area contributed by atoms with Crippen molar-refractivity contribution in [2.75, 3.05) is 31.6 Å². The van der Waals surface area contributed by atoms with E-state index in [2.05, 4.69) is 15.8 Å². The van der Waals surface area contributed by atoms with Crippen molar-refractivity contribution in [1.82, 2.24) is 0 Å². The van der Waals surface area contributed by atoms with Crippen LogP contribution < -0.4 is 30.1 Å². The van der Waals surface area contributed by atoms with Gasteiger partial charge in [-0.1, -0.05) is 0 Å². The van der Waals surface area contributed by atoms with Gasteiger partial charge in [0, 0.05) is 11.8 Å². The molecule has 13 nitrogen and oxygen atoms in total. The lowest BCUT2D eigenvalue weighted by molar-refractivity contribution is -0.384. The highest BCUT2D eigenvalue weighted by Gasteiger charge is 2.19. The molecule has 37 heavy (non-hydrogen) atoms. The zero-order valence-electron chi connectivity index (χ0n) is 19.7. The Morgan fingerprint density at radius 1 is 1.05 bits per heavy atom. The molecule has 0 bridgehead atoms. The SMILES string of the molecule is COc1ccc(NC(=O)COc2ccc(/C=N\Nc3ccc(S(N)(=O)=O)cc3[N+](=O)[O-])cc2OC)cc1. The summed E-state index contributed by atoms with van der Waals surface area (Å²) in [4.78, 5) is 22.4. The molecule has 0 aliphatic heterocycles. The highest BCUT2D eigenvalue weighted by atomic mass is 32.2. The van der Waals surface area contributed by atoms with Crippen LogP contribution in [0.3, 0.4) is 0 Å². The maximum Gasteiger partial charge on any atom is 0.295 e. The number of nitrogens with one attached hydrogen (secondary N) is 2. The molecule has 0 aliphatic carbocycles. The minimum absolute atomic E-state index is 0.0385. The van der Waals surface area contributed by atoms with Gasteiger partial charge >= 0.3 is 0 Å². The molecule has 3 aromatic rings. The van der Waals surface area contributed by atoms with Crippen molar-refractivity contribution < 1.29 is 32.3 Å². The van der Waals surface area contributed by atoms with Gasteiger partial charge in [0.1, 0.15) is 11.4 Å². The lowest BCUT2D eigenvalue weighted by Crippen LogP contribution is -2.20. The summed E-state index contributed by atoms with van der Waals surface area (Å²) < 4.78 is 38.8. The highest BCUT2D eigenvalue weighted by molar-refractivity contribution is 7.89. The first-order chi connectivity index (χ1) is 17.6. The molecular weight excluding hydrogens is 506 g/mol. The van der Waals surface area contributed by atoms with E-state index in [-0.39, 0.29) is 18.2 Å². The van der Waals surface area contributed by atoms with Crippen molar-refractivity contribution in [1.29, 1.82) is 0 Å². The summed E-state index contributed by atoms with van der Waals surface area (Å²) in [7, 11) is -1.13. The fourth-order valence-electron chi connectivity index (χ4n) is 3.01. The van der Waals surface area contributed by atoms with Crippen molar-refractivity contribution in [2.45, 2.75) is 4.90 Å². The summed E-state index contributed by atoms with van der Waals surface area (Å²) in [6.07, 6.45) is 1.36. The lowest BCUT2D eigenvalue weighted by atomic mass is 10.2. The molecule has 14 heteroatoms. The van der Waals surface area contributed by atoms with Gasteiger partial charge in [-0.3, -0.25) is 20.3 Å². The van der Waals surface area contributed by atoms with Gasteiger partial charge in [0.05, 0.1) is 30.3 Å². The van der Waals surface area contributed by atoms with E-state index in [9.17, 15) is 23.3 Å². The Kier molecular flexibility index (Phi) is 8.60. The van der Waals surface area contributed by atoms with Gasteiger partial charge in [-0.25, -0.2) is 13.6 Å². The van der Waals surface area contributed by atoms with Gasteiger partial charge in [-0.15, -0.1) is 0 Å². The third-order valence-corrected chi connectivity index (χ3v) is 5.72. The van der Waals surface area contributed by atoms with Crippen molar-refractivity contribution >= 4 is 39.2 Å². The molecule has 4 N–H and O–H groups in total. The molecule has 0 radical (unpaired) electrons. The number of nitrogens with zero attached hydrogens (tertiary/aromatic N) is 2. The minimum atomic E-state index is -4.11. The number of benzene rings is 3. The molecule has 0 heterocycles. The van der Waals surface area contributed by atoms with Gasteiger partial charge in [0.15, 0.2) is 18.1 Å². The largest absolute Gasteiger partial charge is 0.497 e. The molecule has 0 saturated carbocycles. The number of hydrazone groups is 1. The van der Waals surface area contributed by atoms with E-state index in [1.54, 1.807) is 49.6 Å². The zero-order chi connectivity index (χ0) is 27.0. The van der Waals surface area contributed by atoms with Gasteiger partial charge in [0.25, 0.3) is 11.6 Å². The molecule has 0 atom stereocenters. The topological polar surface area (TPSA) is 184 Å². The Balaban J connectivity index is 1.64. The van der Waals surface area contributed by atoms with Crippen LogP contribution in [0, 0.1) is 10.1 Å². The lowest BCUT2D eigenvalue weighted by Gasteiger charge is -2.11. The first kappa shape index (κ1) is 26.9. The molecule has 0 fully saturated rings. The number of carbonyl (C=O) groups excluding carboxylic acids is 1. The maximum absolute atomic E-state index is 12.2. The maximum atomic E-state index is 12.2. The Morgan fingerprint density at radius 3 is 2.41 bits per heavy atom. The summed E-state index contributed by atoms with van der Waals surface area (Å²) in [5.41, 5.74) is 3.08. The van der Waals surface area contributed by atoms with Crippen LogP contribution in [0.5, 0.6) is 17.2 Å². The number of nitro benzene ring substituents is 1. The quantitative estimate of drug-likeness (QED) is 0.191. The Bertz CT molecular complexity index is 1430. The summed E-state index contributed by atoms with van der Waals surface area (Å²) in [5, 5.41) is 23.0. The third-order valence-electron chi connectivity index (χ3n) is 4.81. The number of methoxy groups -OCH3 is 2. The van der Waals surface area contributed by atoms with Crippen molar-refractivity contribution in [3.63, 3.8) is 0 Å². The van der Waals surface area contributed by atoms with E-state index in [0.29, 0.717) is 28.5 Å². The van der Waals surface area contributed by atoms with E-state index >= 15 is 0 Å². The molecule has 1 amide bonds. The first-order valence-electron chi connectivity index (χ1n) is 10.5. The van der Waals surface area contributed by atoms with Crippen LogP contribution in [0.4, 0.5) is 17.1 Å². The van der Waals surface area contributed by atoms with Crippen LogP contribution in [0.25, 0.3) is 0 Å². The number of ether oxygens (including phenoxy) is 3. The van der Waals surface area contributed by atoms with E-state index in [4.69, 9.17) is 19.3 Å². The summed E-state index contributed by atoms with van der Waals surface area (Å²) in [6, 6.07) is 14.8. The summed E-state index contributed by atoms with van der Waals surface area (Å²) in [5.74, 6) is 0.921. The van der Waals surface area contributed by atoms with Crippen molar-refractivity contribution in [2.24, 2.45) is 10.2 Å². The normalized spacial score (nSPS) is 11.1. The molecule has 0 unspecified atom stereocenters. The van der Waals surface area contributed by atoms with Gasteiger partial charge in [0.2, 0.25) is 10.0 Å². The number of nitro groups is 1. The Hall–Kier alpha value is -4.69. The predicted octanol–water partition coefficient (Wildman–Crippen LogP) is 2.72. The minimum Gasteiger partial charge on any atom is -0.497 e. The number of anilines is 2. The monoisotopic (exact) mass is 529 g/mol. The number of nitrogens with two attached hydrogens (primary N) is 1. The van der Waals surface area contributed by atoms with Crippen LogP contribution >= 0.6 is 0 Å². The number of hydrogen-bond acceptors (Lipinski definition) is 10. The van der Waals surface area contributed by atoms with Gasteiger partial charge < -0.3 is 19.5 Å². The zero-order valence-corrected chi connectivity index (χ0v) is 20.5. The fraction of sp³-hybridized carbons (Fsp3) is 0.130. The van der Waals surface area contributed by atoms with E-state index in [1.165, 1.54) is 19.4 Å². The summed E-state index contributed by atoms with van der Waals surface area (Å²) >= 11 is 0.